The van der Waals surface area contributed by atoms with Crippen LogP contribution in [0.1, 0.15) is 11.4 Å². The number of aryl methyl sites for hydroxylation is 1. The Bertz CT molecular complexity index is 222. The summed E-state index contributed by atoms with van der Waals surface area (Å²) in [5.74, 6) is 0. The minimum Gasteiger partial charge on any atom is -0.390 e. The van der Waals surface area contributed by atoms with Crippen LogP contribution in [0.5, 0.6) is 0 Å². The fourth-order valence-electron chi connectivity index (χ4n) is 0.718. The standard InChI is InChI=1S/C6H10N2OS/c1-4-5(3-9)8-6(7-4)10-2/h9H,3H2,1-2H3,(H,7,8). The molecule has 0 saturated heterocycles. The van der Waals surface area contributed by atoms with Crippen LogP contribution in [0.15, 0.2) is 5.16 Å². The van der Waals surface area contributed by atoms with E-state index in [1.54, 1.807) is 11.8 Å². The van der Waals surface area contributed by atoms with Gasteiger partial charge in [-0.1, -0.05) is 11.8 Å². The number of nitrogens with one attached hydrogen (secondary N) is 1. The number of aromatic nitrogens is 2. The molecule has 0 aromatic carbocycles. The second kappa shape index (κ2) is 3.07. The second-order valence-electron chi connectivity index (χ2n) is 1.98. The molecule has 1 heterocycles. The zero-order valence-corrected chi connectivity index (χ0v) is 6.83. The van der Waals surface area contributed by atoms with E-state index in [1.807, 2.05) is 13.2 Å². The second-order valence-corrected chi connectivity index (χ2v) is 2.77. The van der Waals surface area contributed by atoms with Gasteiger partial charge in [0.2, 0.25) is 0 Å². The summed E-state index contributed by atoms with van der Waals surface area (Å²) in [7, 11) is 0. The molecule has 1 aromatic rings. The van der Waals surface area contributed by atoms with Crippen LogP contribution in [0, 0.1) is 6.92 Å². The SMILES string of the molecule is CSc1nc(CO)c(C)[nH]1. The Morgan fingerprint density at radius 3 is 2.70 bits per heavy atom. The summed E-state index contributed by atoms with van der Waals surface area (Å²) in [6.07, 6.45) is 1.94. The van der Waals surface area contributed by atoms with E-state index < -0.39 is 0 Å². The summed E-state index contributed by atoms with van der Waals surface area (Å²) in [6.45, 7) is 1.92. The maximum atomic E-state index is 8.74. The van der Waals surface area contributed by atoms with Gasteiger partial charge in [0.05, 0.1) is 12.3 Å². The molecule has 0 aliphatic heterocycles. The van der Waals surface area contributed by atoms with E-state index >= 15 is 0 Å². The van der Waals surface area contributed by atoms with E-state index in [0.29, 0.717) is 0 Å². The number of thioether (sulfide) groups is 1. The van der Waals surface area contributed by atoms with Crippen LogP contribution < -0.4 is 0 Å². The number of H-pyrrole nitrogens is 1. The van der Waals surface area contributed by atoms with E-state index in [-0.39, 0.29) is 6.61 Å². The van der Waals surface area contributed by atoms with Crippen molar-refractivity contribution in [3.05, 3.63) is 11.4 Å². The van der Waals surface area contributed by atoms with Gasteiger partial charge in [0.25, 0.3) is 0 Å². The summed E-state index contributed by atoms with van der Waals surface area (Å²) in [4.78, 5) is 7.14. The first kappa shape index (κ1) is 7.63. The zero-order chi connectivity index (χ0) is 7.56. The fraction of sp³-hybridized carbons (Fsp3) is 0.500. The maximum absolute atomic E-state index is 8.74. The predicted octanol–water partition coefficient (Wildman–Crippen LogP) is 0.932. The van der Waals surface area contributed by atoms with Gasteiger partial charge in [0.1, 0.15) is 0 Å². The molecule has 1 aromatic heterocycles. The number of aliphatic hydroxyl groups is 1. The molecule has 0 saturated carbocycles. The Morgan fingerprint density at radius 1 is 1.70 bits per heavy atom. The molecule has 0 radical (unpaired) electrons. The van der Waals surface area contributed by atoms with Gasteiger partial charge in [-0.05, 0) is 13.2 Å². The van der Waals surface area contributed by atoms with Crippen molar-refractivity contribution in [3.8, 4) is 0 Å². The van der Waals surface area contributed by atoms with Crippen LogP contribution in [0.4, 0.5) is 0 Å². The largest absolute Gasteiger partial charge is 0.390 e. The Hall–Kier alpha value is -0.480. The third-order valence-electron chi connectivity index (χ3n) is 1.31. The van der Waals surface area contributed by atoms with Gasteiger partial charge >= 0.3 is 0 Å². The lowest BCUT2D eigenvalue weighted by Crippen LogP contribution is -1.84. The Kier molecular flexibility index (Phi) is 2.34. The molecule has 56 valence electrons. The zero-order valence-electron chi connectivity index (χ0n) is 6.01. The Morgan fingerprint density at radius 2 is 2.40 bits per heavy atom. The van der Waals surface area contributed by atoms with Crippen molar-refractivity contribution in [3.63, 3.8) is 0 Å². The van der Waals surface area contributed by atoms with Gasteiger partial charge in [-0.15, -0.1) is 0 Å². The molecule has 3 nitrogen and oxygen atoms in total. The molecule has 4 heteroatoms. The lowest BCUT2D eigenvalue weighted by Gasteiger charge is -1.85. The normalized spacial score (nSPS) is 10.3. The molecule has 10 heavy (non-hydrogen) atoms. The number of nitrogens with zero attached hydrogens (tertiary/aromatic N) is 1. The quantitative estimate of drug-likeness (QED) is 0.629. The molecular weight excluding hydrogens is 148 g/mol. The summed E-state index contributed by atoms with van der Waals surface area (Å²) in [5, 5.41) is 9.60. The first-order chi connectivity index (χ1) is 4.77. The van der Waals surface area contributed by atoms with Gasteiger partial charge in [0.15, 0.2) is 5.16 Å². The number of rotatable bonds is 2. The van der Waals surface area contributed by atoms with E-state index in [0.717, 1.165) is 16.5 Å². The number of aromatic amines is 1. The van der Waals surface area contributed by atoms with Gasteiger partial charge in [-0.2, -0.15) is 0 Å². The molecule has 0 amide bonds. The predicted molar refractivity (Wildman–Crippen MR) is 41.0 cm³/mol. The third kappa shape index (κ3) is 1.33. The molecule has 0 fully saturated rings. The molecule has 2 N–H and O–H groups in total. The van der Waals surface area contributed by atoms with Crippen LogP contribution in [-0.2, 0) is 6.61 Å². The average Bonchev–Trinajstić information content (AvgIpc) is 2.30. The smallest absolute Gasteiger partial charge is 0.165 e. The van der Waals surface area contributed by atoms with Crippen LogP contribution in [0.25, 0.3) is 0 Å². The van der Waals surface area contributed by atoms with Crippen LogP contribution in [0.3, 0.4) is 0 Å². The summed E-state index contributed by atoms with van der Waals surface area (Å²) >= 11 is 1.54. The van der Waals surface area contributed by atoms with Crippen LogP contribution >= 0.6 is 11.8 Å². The van der Waals surface area contributed by atoms with Gasteiger partial charge in [-0.25, -0.2) is 4.98 Å². The molecule has 0 aliphatic rings. The van der Waals surface area contributed by atoms with Crippen molar-refractivity contribution in [2.24, 2.45) is 0 Å². The first-order valence-electron chi connectivity index (χ1n) is 2.98. The van der Waals surface area contributed by atoms with Crippen molar-refractivity contribution in [1.29, 1.82) is 0 Å². The lowest BCUT2D eigenvalue weighted by atomic mass is 10.4. The van der Waals surface area contributed by atoms with Crippen LogP contribution in [-0.4, -0.2) is 21.3 Å². The molecule has 0 atom stereocenters. The maximum Gasteiger partial charge on any atom is 0.165 e. The van der Waals surface area contributed by atoms with Gasteiger partial charge in [-0.3, -0.25) is 0 Å². The molecule has 0 unspecified atom stereocenters. The van der Waals surface area contributed by atoms with Crippen molar-refractivity contribution in [2.45, 2.75) is 18.7 Å². The van der Waals surface area contributed by atoms with Gasteiger partial charge < -0.3 is 10.1 Å². The minimum atomic E-state index is 0.0168. The summed E-state index contributed by atoms with van der Waals surface area (Å²) in [6, 6.07) is 0. The van der Waals surface area contributed by atoms with E-state index in [4.69, 9.17) is 5.11 Å². The molecular formula is C6H10N2OS. The van der Waals surface area contributed by atoms with E-state index in [2.05, 4.69) is 9.97 Å². The Labute approximate surface area is 63.9 Å². The molecule has 0 aliphatic carbocycles. The fourth-order valence-corrected chi connectivity index (χ4v) is 1.17. The number of hydrogen-bond acceptors (Lipinski definition) is 3. The average molecular weight is 158 g/mol. The highest BCUT2D eigenvalue weighted by molar-refractivity contribution is 7.98. The van der Waals surface area contributed by atoms with Crippen molar-refractivity contribution < 1.29 is 5.11 Å². The number of aliphatic hydroxyl groups excluding tert-OH is 1. The minimum absolute atomic E-state index is 0.0168. The summed E-state index contributed by atoms with van der Waals surface area (Å²) in [5.41, 5.74) is 1.69. The van der Waals surface area contributed by atoms with Crippen molar-refractivity contribution in [1.82, 2.24) is 9.97 Å². The monoisotopic (exact) mass is 158 g/mol. The van der Waals surface area contributed by atoms with Crippen molar-refractivity contribution >= 4 is 11.8 Å². The highest BCUT2D eigenvalue weighted by atomic mass is 32.2. The molecule has 0 spiro atoms. The first-order valence-corrected chi connectivity index (χ1v) is 4.20. The topological polar surface area (TPSA) is 48.9 Å². The third-order valence-corrected chi connectivity index (χ3v) is 1.89. The number of hydrogen-bond donors (Lipinski definition) is 2. The number of imidazole rings is 1. The Balaban J connectivity index is 2.92. The highest BCUT2D eigenvalue weighted by Gasteiger charge is 2.02. The molecule has 0 bridgehead atoms. The lowest BCUT2D eigenvalue weighted by molar-refractivity contribution is 0.276. The summed E-state index contributed by atoms with van der Waals surface area (Å²) < 4.78 is 0. The van der Waals surface area contributed by atoms with E-state index in [9.17, 15) is 0 Å². The van der Waals surface area contributed by atoms with Gasteiger partial charge in [0, 0.05) is 5.69 Å². The van der Waals surface area contributed by atoms with Crippen LogP contribution in [0.2, 0.25) is 0 Å². The van der Waals surface area contributed by atoms with E-state index in [1.165, 1.54) is 0 Å². The van der Waals surface area contributed by atoms with Crippen molar-refractivity contribution in [2.75, 3.05) is 6.26 Å². The molecule has 1 rings (SSSR count). The highest BCUT2D eigenvalue weighted by Crippen LogP contribution is 2.12.